The second-order valence-corrected chi connectivity index (χ2v) is 3.71. The Balaban J connectivity index is 2.11. The molecule has 0 aliphatic carbocycles. The average Bonchev–Trinajstić information content (AvgIpc) is 2.67. The lowest BCUT2D eigenvalue weighted by molar-refractivity contribution is -0.0107. The minimum absolute atomic E-state index is 0.000506. The summed E-state index contributed by atoms with van der Waals surface area (Å²) in [7, 11) is 0. The lowest BCUT2D eigenvalue weighted by atomic mass is 10.2. The van der Waals surface area contributed by atoms with Gasteiger partial charge in [0.25, 0.3) is 0 Å². The zero-order valence-electron chi connectivity index (χ0n) is 8.74. The molecule has 0 bridgehead atoms. The fraction of sp³-hybridized carbons (Fsp3) is 0.667. The molecule has 1 saturated heterocycles. The van der Waals surface area contributed by atoms with Gasteiger partial charge in [-0.05, 0) is 19.3 Å². The van der Waals surface area contributed by atoms with Crippen LogP contribution in [0.1, 0.15) is 25.5 Å². The van der Waals surface area contributed by atoms with E-state index in [1.807, 2.05) is 0 Å². The maximum Gasteiger partial charge on any atom is 0.354 e. The Morgan fingerprint density at radius 2 is 2.44 bits per heavy atom. The SMILES string of the molecule is Nc1ncn([C@H]2CC[C@@H](CCO)O2)c(=O)n1. The molecular formula is C9H14N4O3. The molecule has 0 spiro atoms. The molecule has 1 aliphatic heterocycles. The van der Waals surface area contributed by atoms with E-state index in [1.165, 1.54) is 10.9 Å². The van der Waals surface area contributed by atoms with Crippen LogP contribution in [0.15, 0.2) is 11.1 Å². The van der Waals surface area contributed by atoms with Gasteiger partial charge in [0.1, 0.15) is 12.6 Å². The molecule has 88 valence electrons. The third kappa shape index (κ3) is 2.20. The predicted molar refractivity (Wildman–Crippen MR) is 55.6 cm³/mol. The van der Waals surface area contributed by atoms with Crippen molar-refractivity contribution in [3.63, 3.8) is 0 Å². The van der Waals surface area contributed by atoms with Crippen molar-refractivity contribution in [2.75, 3.05) is 12.3 Å². The number of anilines is 1. The minimum Gasteiger partial charge on any atom is -0.396 e. The summed E-state index contributed by atoms with van der Waals surface area (Å²) in [4.78, 5) is 18.8. The first-order valence-electron chi connectivity index (χ1n) is 5.17. The molecule has 0 saturated carbocycles. The third-order valence-electron chi connectivity index (χ3n) is 2.59. The summed E-state index contributed by atoms with van der Waals surface area (Å²) < 4.78 is 6.92. The van der Waals surface area contributed by atoms with Gasteiger partial charge in [-0.1, -0.05) is 0 Å². The van der Waals surface area contributed by atoms with Gasteiger partial charge < -0.3 is 15.6 Å². The zero-order valence-corrected chi connectivity index (χ0v) is 8.74. The molecule has 2 atom stereocenters. The summed E-state index contributed by atoms with van der Waals surface area (Å²) in [6.45, 7) is 0.0878. The number of aromatic nitrogens is 3. The minimum atomic E-state index is -0.456. The number of aliphatic hydroxyl groups excluding tert-OH is 1. The maximum absolute atomic E-state index is 11.5. The molecule has 2 heterocycles. The Bertz CT molecular complexity index is 419. The molecule has 1 fully saturated rings. The number of nitrogens with two attached hydrogens (primary N) is 1. The smallest absolute Gasteiger partial charge is 0.354 e. The van der Waals surface area contributed by atoms with E-state index in [9.17, 15) is 4.79 Å². The molecule has 16 heavy (non-hydrogen) atoms. The molecule has 0 aromatic carbocycles. The number of aliphatic hydroxyl groups is 1. The monoisotopic (exact) mass is 226 g/mol. The summed E-state index contributed by atoms with van der Waals surface area (Å²) >= 11 is 0. The molecule has 1 aliphatic rings. The van der Waals surface area contributed by atoms with Gasteiger partial charge in [-0.15, -0.1) is 0 Å². The lowest BCUT2D eigenvalue weighted by Gasteiger charge is -2.14. The molecule has 7 heteroatoms. The van der Waals surface area contributed by atoms with Gasteiger partial charge in [-0.3, -0.25) is 4.57 Å². The van der Waals surface area contributed by atoms with E-state index < -0.39 is 5.69 Å². The number of nitrogens with zero attached hydrogens (tertiary/aromatic N) is 3. The van der Waals surface area contributed by atoms with Crippen LogP contribution in [0.3, 0.4) is 0 Å². The van der Waals surface area contributed by atoms with E-state index in [-0.39, 0.29) is 24.9 Å². The summed E-state index contributed by atoms with van der Waals surface area (Å²) in [5.41, 5.74) is 4.84. The van der Waals surface area contributed by atoms with E-state index in [1.54, 1.807) is 0 Å². The number of nitrogen functional groups attached to an aromatic ring is 1. The molecule has 0 amide bonds. The van der Waals surface area contributed by atoms with E-state index in [4.69, 9.17) is 15.6 Å². The highest BCUT2D eigenvalue weighted by Crippen LogP contribution is 2.28. The van der Waals surface area contributed by atoms with E-state index in [0.717, 1.165) is 12.8 Å². The van der Waals surface area contributed by atoms with Crippen molar-refractivity contribution in [3.8, 4) is 0 Å². The van der Waals surface area contributed by atoms with Gasteiger partial charge in [0.15, 0.2) is 0 Å². The first-order chi connectivity index (χ1) is 7.70. The maximum atomic E-state index is 11.5. The molecular weight excluding hydrogens is 212 g/mol. The first-order valence-corrected chi connectivity index (χ1v) is 5.17. The van der Waals surface area contributed by atoms with Crippen LogP contribution in [0.5, 0.6) is 0 Å². The Labute approximate surface area is 91.9 Å². The highest BCUT2D eigenvalue weighted by molar-refractivity contribution is 5.09. The van der Waals surface area contributed by atoms with Crippen LogP contribution in [0.25, 0.3) is 0 Å². The fourth-order valence-electron chi connectivity index (χ4n) is 1.80. The third-order valence-corrected chi connectivity index (χ3v) is 2.59. The van der Waals surface area contributed by atoms with Crippen molar-refractivity contribution < 1.29 is 9.84 Å². The Morgan fingerprint density at radius 3 is 3.12 bits per heavy atom. The van der Waals surface area contributed by atoms with Crippen LogP contribution in [0.2, 0.25) is 0 Å². The Hall–Kier alpha value is -1.47. The lowest BCUT2D eigenvalue weighted by Crippen LogP contribution is -2.28. The Morgan fingerprint density at radius 1 is 1.62 bits per heavy atom. The van der Waals surface area contributed by atoms with Crippen LogP contribution in [-0.4, -0.2) is 32.4 Å². The van der Waals surface area contributed by atoms with E-state index in [0.29, 0.717) is 6.42 Å². The van der Waals surface area contributed by atoms with Crippen LogP contribution < -0.4 is 11.4 Å². The number of hydrogen-bond acceptors (Lipinski definition) is 6. The van der Waals surface area contributed by atoms with Gasteiger partial charge in [0.2, 0.25) is 5.95 Å². The highest BCUT2D eigenvalue weighted by atomic mass is 16.5. The van der Waals surface area contributed by atoms with Crippen LogP contribution in [-0.2, 0) is 4.74 Å². The van der Waals surface area contributed by atoms with Crippen LogP contribution >= 0.6 is 0 Å². The highest BCUT2D eigenvalue weighted by Gasteiger charge is 2.26. The number of ether oxygens (including phenoxy) is 1. The normalized spacial score (nSPS) is 24.8. The van der Waals surface area contributed by atoms with Gasteiger partial charge in [0, 0.05) is 6.61 Å². The topological polar surface area (TPSA) is 103 Å². The van der Waals surface area contributed by atoms with Crippen molar-refractivity contribution in [2.45, 2.75) is 31.6 Å². The molecule has 0 radical (unpaired) electrons. The first kappa shape index (κ1) is 11.0. The largest absolute Gasteiger partial charge is 0.396 e. The summed E-state index contributed by atoms with van der Waals surface area (Å²) in [6.07, 6.45) is 3.13. The second kappa shape index (κ2) is 4.58. The van der Waals surface area contributed by atoms with E-state index >= 15 is 0 Å². The number of hydrogen-bond donors (Lipinski definition) is 2. The van der Waals surface area contributed by atoms with Crippen LogP contribution in [0, 0.1) is 0 Å². The van der Waals surface area contributed by atoms with Crippen LogP contribution in [0.4, 0.5) is 5.95 Å². The Kier molecular flexibility index (Phi) is 3.16. The fourth-order valence-corrected chi connectivity index (χ4v) is 1.80. The summed E-state index contributed by atoms with van der Waals surface area (Å²) in [5.74, 6) is -0.0360. The van der Waals surface area contributed by atoms with Crippen molar-refractivity contribution >= 4 is 5.95 Å². The number of rotatable bonds is 3. The summed E-state index contributed by atoms with van der Waals surface area (Å²) in [5, 5.41) is 8.78. The summed E-state index contributed by atoms with van der Waals surface area (Å²) in [6, 6.07) is 0. The molecule has 7 nitrogen and oxygen atoms in total. The van der Waals surface area contributed by atoms with Gasteiger partial charge in [-0.25, -0.2) is 9.78 Å². The molecule has 1 aromatic heterocycles. The van der Waals surface area contributed by atoms with Gasteiger partial charge in [0.05, 0.1) is 6.10 Å². The molecule has 0 unspecified atom stereocenters. The average molecular weight is 226 g/mol. The zero-order chi connectivity index (χ0) is 11.5. The quantitative estimate of drug-likeness (QED) is 0.705. The molecule has 1 aromatic rings. The molecule has 2 rings (SSSR count). The second-order valence-electron chi connectivity index (χ2n) is 3.71. The van der Waals surface area contributed by atoms with Gasteiger partial charge in [-0.2, -0.15) is 4.98 Å². The predicted octanol–water partition coefficient (Wildman–Crippen LogP) is -0.719. The molecule has 3 N–H and O–H groups in total. The van der Waals surface area contributed by atoms with Crippen molar-refractivity contribution in [3.05, 3.63) is 16.8 Å². The van der Waals surface area contributed by atoms with Crippen molar-refractivity contribution in [1.82, 2.24) is 14.5 Å². The standard InChI is InChI=1S/C9H14N4O3/c10-8-11-5-13(9(15)12-8)7-2-1-6(16-7)3-4-14/h5-7,14H,1-4H2,(H2,10,12,15)/t6-,7+/m0/s1. The van der Waals surface area contributed by atoms with Crippen molar-refractivity contribution in [2.24, 2.45) is 0 Å². The van der Waals surface area contributed by atoms with Gasteiger partial charge >= 0.3 is 5.69 Å². The van der Waals surface area contributed by atoms with Crippen molar-refractivity contribution in [1.29, 1.82) is 0 Å². The van der Waals surface area contributed by atoms with E-state index in [2.05, 4.69) is 9.97 Å².